The summed E-state index contributed by atoms with van der Waals surface area (Å²) in [5, 5.41) is 7.02. The van der Waals surface area contributed by atoms with E-state index in [4.69, 9.17) is 9.47 Å². The van der Waals surface area contributed by atoms with Crippen LogP contribution in [0.25, 0.3) is 0 Å². The molecule has 2 saturated heterocycles. The average Bonchev–Trinajstić information content (AvgIpc) is 3.79. The monoisotopic (exact) mass is 696 g/mol. The standard InChI is InChI=1S/C39H39F3N6O3/c1-26-17-32(8-10-34(26)38(49)45-31-6-3-29(40)4-7-31)46-13-15-47(16-14-46)33-9-12-37(27(2)18-33)50-21-28-20-39(51-22-28,23-48-25-43-24-44-48)35-11-5-30(41)19-36(35)42/h3-12,17-19,24-25,28H,13-16,20-23H2,1-2H3,(H,45,49)/t28-,39+/m1/s1. The molecule has 0 aliphatic carbocycles. The van der Waals surface area contributed by atoms with Crippen LogP contribution in [-0.4, -0.2) is 60.1 Å². The zero-order chi connectivity index (χ0) is 35.5. The van der Waals surface area contributed by atoms with E-state index in [1.54, 1.807) is 23.1 Å². The number of nitrogens with zero attached hydrogens (tertiary/aromatic N) is 5. The maximum Gasteiger partial charge on any atom is 0.255 e. The number of carbonyl (C=O) groups is 1. The molecular formula is C39H39F3N6O3. The van der Waals surface area contributed by atoms with Gasteiger partial charge in [0, 0.05) is 66.4 Å². The molecule has 1 amide bonds. The van der Waals surface area contributed by atoms with Crippen LogP contribution < -0.4 is 19.9 Å². The second-order valence-electron chi connectivity index (χ2n) is 13.3. The van der Waals surface area contributed by atoms with Gasteiger partial charge in [0.2, 0.25) is 0 Å². The van der Waals surface area contributed by atoms with Crippen molar-refractivity contribution in [3.63, 3.8) is 0 Å². The number of rotatable bonds is 10. The summed E-state index contributed by atoms with van der Waals surface area (Å²) in [5.41, 5.74) is 4.45. The van der Waals surface area contributed by atoms with Gasteiger partial charge in [0.15, 0.2) is 0 Å². The van der Waals surface area contributed by atoms with Crippen LogP contribution in [0, 0.1) is 37.2 Å². The molecule has 0 spiro atoms. The molecule has 2 atom stereocenters. The normalized spacial score (nSPS) is 19.0. The molecule has 1 aromatic heterocycles. The number of nitrogens with one attached hydrogen (secondary N) is 1. The first-order valence-corrected chi connectivity index (χ1v) is 17.0. The lowest BCUT2D eigenvalue weighted by Crippen LogP contribution is -2.46. The van der Waals surface area contributed by atoms with Crippen molar-refractivity contribution in [1.82, 2.24) is 14.8 Å². The van der Waals surface area contributed by atoms with Gasteiger partial charge in [-0.1, -0.05) is 6.07 Å². The Bertz CT molecular complexity index is 2000. The summed E-state index contributed by atoms with van der Waals surface area (Å²) in [5.74, 6) is -1.12. The molecule has 2 aliphatic heterocycles. The summed E-state index contributed by atoms with van der Waals surface area (Å²) in [6.45, 7) is 8.25. The highest BCUT2D eigenvalue weighted by molar-refractivity contribution is 6.05. The summed E-state index contributed by atoms with van der Waals surface area (Å²) >= 11 is 0. The van der Waals surface area contributed by atoms with E-state index in [-0.39, 0.29) is 24.2 Å². The van der Waals surface area contributed by atoms with Gasteiger partial charge < -0.3 is 24.6 Å². The van der Waals surface area contributed by atoms with Crippen LogP contribution in [-0.2, 0) is 16.9 Å². The third-order valence-corrected chi connectivity index (χ3v) is 9.72. The zero-order valence-corrected chi connectivity index (χ0v) is 28.5. The molecule has 0 bridgehead atoms. The van der Waals surface area contributed by atoms with Gasteiger partial charge in [-0.05, 0) is 98.1 Å². The van der Waals surface area contributed by atoms with Gasteiger partial charge in [0.05, 0.1) is 19.8 Å². The van der Waals surface area contributed by atoms with Gasteiger partial charge in [0.1, 0.15) is 41.5 Å². The molecule has 9 nitrogen and oxygen atoms in total. The van der Waals surface area contributed by atoms with E-state index in [9.17, 15) is 13.6 Å². The Morgan fingerprint density at radius 1 is 0.882 bits per heavy atom. The van der Waals surface area contributed by atoms with Crippen LogP contribution in [0.3, 0.4) is 0 Å². The summed E-state index contributed by atoms with van der Waals surface area (Å²) in [7, 11) is 0. The molecule has 264 valence electrons. The zero-order valence-electron chi connectivity index (χ0n) is 28.5. The van der Waals surface area contributed by atoms with Crippen molar-refractivity contribution in [3.05, 3.63) is 131 Å². The third-order valence-electron chi connectivity index (χ3n) is 9.72. The van der Waals surface area contributed by atoms with Gasteiger partial charge in [-0.15, -0.1) is 0 Å². The number of anilines is 3. The molecule has 7 rings (SSSR count). The minimum absolute atomic E-state index is 0.0213. The van der Waals surface area contributed by atoms with Crippen LogP contribution in [0.1, 0.15) is 33.5 Å². The number of halogens is 3. The molecule has 4 aromatic carbocycles. The average molecular weight is 697 g/mol. The van der Waals surface area contributed by atoms with E-state index in [1.165, 1.54) is 30.6 Å². The molecule has 5 aromatic rings. The SMILES string of the molecule is Cc1cc(N2CCN(c3ccc(C(=O)Nc4ccc(F)cc4)c(C)c3)CC2)ccc1OC[C@@H]1CO[C@@](Cn2cncn2)(c2ccc(F)cc2F)C1. The fourth-order valence-electron chi connectivity index (χ4n) is 7.04. The first kappa shape index (κ1) is 34.1. The highest BCUT2D eigenvalue weighted by Gasteiger charge is 2.44. The number of carbonyl (C=O) groups excluding carboxylic acids is 1. The lowest BCUT2D eigenvalue weighted by molar-refractivity contribution is -0.0206. The first-order valence-electron chi connectivity index (χ1n) is 17.0. The quantitative estimate of drug-likeness (QED) is 0.170. The van der Waals surface area contributed by atoms with Crippen molar-refractivity contribution in [2.75, 3.05) is 54.5 Å². The minimum Gasteiger partial charge on any atom is -0.493 e. The van der Waals surface area contributed by atoms with E-state index in [0.29, 0.717) is 36.4 Å². The van der Waals surface area contributed by atoms with Crippen molar-refractivity contribution >= 4 is 23.0 Å². The summed E-state index contributed by atoms with van der Waals surface area (Å²) in [6, 6.07) is 21.4. The lowest BCUT2D eigenvalue weighted by Gasteiger charge is -2.37. The topological polar surface area (TPSA) is 84.8 Å². The van der Waals surface area contributed by atoms with Crippen molar-refractivity contribution in [1.29, 1.82) is 0 Å². The Morgan fingerprint density at radius 3 is 2.22 bits per heavy atom. The van der Waals surface area contributed by atoms with Crippen molar-refractivity contribution in [2.24, 2.45) is 5.92 Å². The molecule has 0 unspecified atom stereocenters. The molecule has 12 heteroatoms. The van der Waals surface area contributed by atoms with Crippen molar-refractivity contribution in [2.45, 2.75) is 32.4 Å². The molecule has 1 N–H and O–H groups in total. The highest BCUT2D eigenvalue weighted by atomic mass is 19.1. The molecule has 2 fully saturated rings. The smallest absolute Gasteiger partial charge is 0.255 e. The van der Waals surface area contributed by atoms with Gasteiger partial charge in [0.25, 0.3) is 5.91 Å². The number of aryl methyl sites for hydroxylation is 2. The largest absolute Gasteiger partial charge is 0.493 e. The van der Waals surface area contributed by atoms with E-state index in [2.05, 4.69) is 37.3 Å². The van der Waals surface area contributed by atoms with E-state index < -0.39 is 17.2 Å². The summed E-state index contributed by atoms with van der Waals surface area (Å²) < 4.78 is 56.2. The molecule has 51 heavy (non-hydrogen) atoms. The van der Waals surface area contributed by atoms with Gasteiger partial charge >= 0.3 is 0 Å². The van der Waals surface area contributed by atoms with Crippen LogP contribution >= 0.6 is 0 Å². The number of amides is 1. The molecule has 0 radical (unpaired) electrons. The number of aromatic nitrogens is 3. The Balaban J connectivity index is 0.939. The second-order valence-corrected chi connectivity index (χ2v) is 13.3. The van der Waals surface area contributed by atoms with E-state index in [1.807, 2.05) is 38.1 Å². The van der Waals surface area contributed by atoms with Crippen LogP contribution in [0.4, 0.5) is 30.2 Å². The highest BCUT2D eigenvalue weighted by Crippen LogP contribution is 2.42. The predicted molar refractivity (Wildman–Crippen MR) is 189 cm³/mol. The Hall–Kier alpha value is -5.36. The number of piperazine rings is 1. The molecule has 3 heterocycles. The number of hydrogen-bond donors (Lipinski definition) is 1. The Morgan fingerprint density at radius 2 is 1.57 bits per heavy atom. The molecule has 0 saturated carbocycles. The van der Waals surface area contributed by atoms with Gasteiger partial charge in [-0.25, -0.2) is 22.8 Å². The lowest BCUT2D eigenvalue weighted by atomic mass is 9.87. The van der Waals surface area contributed by atoms with Crippen LogP contribution in [0.5, 0.6) is 5.75 Å². The van der Waals surface area contributed by atoms with Crippen molar-refractivity contribution in [3.8, 4) is 5.75 Å². The number of hydrogen-bond acceptors (Lipinski definition) is 7. The van der Waals surface area contributed by atoms with E-state index >= 15 is 4.39 Å². The maximum absolute atomic E-state index is 15.0. The van der Waals surface area contributed by atoms with Gasteiger partial charge in [-0.2, -0.15) is 5.10 Å². The van der Waals surface area contributed by atoms with E-state index in [0.717, 1.165) is 60.5 Å². The third kappa shape index (κ3) is 7.56. The second kappa shape index (κ2) is 14.5. The Labute approximate surface area is 294 Å². The molecular weight excluding hydrogens is 657 g/mol. The van der Waals surface area contributed by atoms with Crippen LogP contribution in [0.15, 0.2) is 91.5 Å². The summed E-state index contributed by atoms with van der Waals surface area (Å²) in [6.07, 6.45) is 3.45. The van der Waals surface area contributed by atoms with Crippen LogP contribution in [0.2, 0.25) is 0 Å². The minimum atomic E-state index is -1.03. The number of benzene rings is 4. The van der Waals surface area contributed by atoms with Crippen molar-refractivity contribution < 1.29 is 27.4 Å². The fraction of sp³-hybridized carbons (Fsp3) is 0.308. The summed E-state index contributed by atoms with van der Waals surface area (Å²) in [4.78, 5) is 21.5. The maximum atomic E-state index is 15.0. The molecule has 2 aliphatic rings. The Kier molecular flexibility index (Phi) is 9.68. The predicted octanol–water partition coefficient (Wildman–Crippen LogP) is 6.90. The fourth-order valence-corrected chi connectivity index (χ4v) is 7.04. The number of ether oxygens (including phenoxy) is 2. The first-order chi connectivity index (χ1) is 24.7. The van der Waals surface area contributed by atoms with Gasteiger partial charge in [-0.3, -0.25) is 4.79 Å².